The Morgan fingerprint density at radius 1 is 1.00 bits per heavy atom. The number of fused-ring (bicyclic) bond motifs is 1. The number of benzene rings is 2. The second kappa shape index (κ2) is 8.42. The molecule has 0 saturated carbocycles. The first-order valence-corrected chi connectivity index (χ1v) is 10.4. The van der Waals surface area contributed by atoms with Gasteiger partial charge in [-0.05, 0) is 42.5 Å². The summed E-state index contributed by atoms with van der Waals surface area (Å²) in [5.41, 5.74) is 1.93. The molecule has 2 aromatic heterocycles. The van der Waals surface area contributed by atoms with E-state index in [0.717, 1.165) is 15.1 Å². The lowest BCUT2D eigenvalue weighted by atomic mass is 10.3. The molecular formula is C21H16N4O2S2. The van der Waals surface area contributed by atoms with E-state index in [-0.39, 0.29) is 11.8 Å². The number of nitrogens with zero attached hydrogens (tertiary/aromatic N) is 2. The third-order valence-electron chi connectivity index (χ3n) is 3.90. The minimum absolute atomic E-state index is 0.137. The molecule has 0 spiro atoms. The third kappa shape index (κ3) is 4.61. The molecule has 2 aromatic carbocycles. The van der Waals surface area contributed by atoms with Gasteiger partial charge in [-0.2, -0.15) is 0 Å². The minimum atomic E-state index is -0.266. The Morgan fingerprint density at radius 3 is 2.62 bits per heavy atom. The highest BCUT2D eigenvalue weighted by Gasteiger charge is 2.16. The molecule has 0 fully saturated rings. The average molecular weight is 421 g/mol. The van der Waals surface area contributed by atoms with Crippen LogP contribution in [0.4, 0.5) is 10.8 Å². The molecule has 0 aliphatic carbocycles. The molecule has 0 radical (unpaired) electrons. The van der Waals surface area contributed by atoms with Crippen LogP contribution in [0.3, 0.4) is 0 Å². The van der Waals surface area contributed by atoms with E-state index >= 15 is 0 Å². The average Bonchev–Trinajstić information content (AvgIpc) is 3.10. The molecule has 0 unspecified atom stereocenters. The molecule has 2 N–H and O–H groups in total. The van der Waals surface area contributed by atoms with Gasteiger partial charge >= 0.3 is 0 Å². The summed E-state index contributed by atoms with van der Waals surface area (Å²) in [6, 6.07) is 18.7. The van der Waals surface area contributed by atoms with Crippen molar-refractivity contribution >= 4 is 55.9 Å². The van der Waals surface area contributed by atoms with E-state index in [1.807, 2.05) is 42.5 Å². The van der Waals surface area contributed by atoms with Crippen LogP contribution in [0.2, 0.25) is 0 Å². The lowest BCUT2D eigenvalue weighted by molar-refractivity contribution is -0.114. The van der Waals surface area contributed by atoms with Gasteiger partial charge < -0.3 is 5.32 Å². The van der Waals surface area contributed by atoms with E-state index < -0.39 is 0 Å². The minimum Gasteiger partial charge on any atom is -0.326 e. The zero-order valence-electron chi connectivity index (χ0n) is 15.4. The van der Waals surface area contributed by atoms with Crippen LogP contribution in [-0.4, -0.2) is 21.8 Å². The number of aromatic nitrogens is 2. The summed E-state index contributed by atoms with van der Waals surface area (Å²) in [5, 5.41) is 6.73. The van der Waals surface area contributed by atoms with Crippen LogP contribution in [0, 0.1) is 0 Å². The molecule has 0 atom stereocenters. The van der Waals surface area contributed by atoms with Crippen LogP contribution < -0.4 is 10.6 Å². The predicted molar refractivity (Wildman–Crippen MR) is 117 cm³/mol. The van der Waals surface area contributed by atoms with E-state index in [9.17, 15) is 9.59 Å². The number of hydrogen-bond donors (Lipinski definition) is 2. The molecule has 0 saturated heterocycles. The fraction of sp³-hybridized carbons (Fsp3) is 0.0476. The summed E-state index contributed by atoms with van der Waals surface area (Å²) in [6.07, 6.45) is 1.67. The summed E-state index contributed by atoms with van der Waals surface area (Å²) >= 11 is 2.79. The molecule has 4 aromatic rings. The van der Waals surface area contributed by atoms with Crippen molar-refractivity contribution in [3.05, 3.63) is 72.4 Å². The highest BCUT2D eigenvalue weighted by Crippen LogP contribution is 2.31. The summed E-state index contributed by atoms with van der Waals surface area (Å²) in [7, 11) is 0. The zero-order valence-corrected chi connectivity index (χ0v) is 17.0. The number of thiazole rings is 1. The topological polar surface area (TPSA) is 84.0 Å². The lowest BCUT2D eigenvalue weighted by Gasteiger charge is -2.07. The molecule has 2 heterocycles. The van der Waals surface area contributed by atoms with Gasteiger partial charge in [-0.1, -0.05) is 41.3 Å². The predicted octanol–water partition coefficient (Wildman–Crippen LogP) is 5.05. The Balaban J connectivity index is 1.56. The number of amides is 2. The van der Waals surface area contributed by atoms with E-state index in [1.165, 1.54) is 30.0 Å². The van der Waals surface area contributed by atoms with Crippen LogP contribution >= 0.6 is 23.1 Å². The summed E-state index contributed by atoms with van der Waals surface area (Å²) in [4.78, 5) is 33.9. The smallest absolute Gasteiger partial charge is 0.260 e. The van der Waals surface area contributed by atoms with E-state index in [4.69, 9.17) is 0 Å². The molecule has 4 rings (SSSR count). The number of anilines is 2. The maximum atomic E-state index is 12.9. The van der Waals surface area contributed by atoms with Gasteiger partial charge in [0, 0.05) is 23.7 Å². The van der Waals surface area contributed by atoms with Crippen molar-refractivity contribution in [2.45, 2.75) is 16.8 Å². The van der Waals surface area contributed by atoms with Crippen molar-refractivity contribution in [2.24, 2.45) is 0 Å². The van der Waals surface area contributed by atoms with Gasteiger partial charge in [0.1, 0.15) is 5.03 Å². The van der Waals surface area contributed by atoms with Crippen LogP contribution in [0.25, 0.3) is 10.2 Å². The van der Waals surface area contributed by atoms with Gasteiger partial charge in [0.2, 0.25) is 5.91 Å². The monoisotopic (exact) mass is 420 g/mol. The highest BCUT2D eigenvalue weighted by atomic mass is 32.2. The lowest BCUT2D eigenvalue weighted by Crippen LogP contribution is -2.13. The molecule has 29 heavy (non-hydrogen) atoms. The Bertz CT molecular complexity index is 1190. The van der Waals surface area contributed by atoms with E-state index in [2.05, 4.69) is 20.6 Å². The standard InChI is InChI=1S/C21H16N4O2S2/c1-13(26)23-14-9-10-17-18(12-14)29-21(24-17)25-19(27)16-8-5-11-22-20(16)28-15-6-3-2-4-7-15/h2-12H,1H3,(H,23,26)(H,24,25,27). The summed E-state index contributed by atoms with van der Waals surface area (Å²) < 4.78 is 0.872. The largest absolute Gasteiger partial charge is 0.326 e. The molecule has 0 aliphatic heterocycles. The van der Waals surface area contributed by atoms with Crippen LogP contribution in [0.1, 0.15) is 17.3 Å². The van der Waals surface area contributed by atoms with Gasteiger partial charge in [-0.3, -0.25) is 14.9 Å². The fourth-order valence-corrected chi connectivity index (χ4v) is 4.47. The maximum Gasteiger partial charge on any atom is 0.260 e. The van der Waals surface area contributed by atoms with Gasteiger partial charge in [-0.15, -0.1) is 0 Å². The number of carbonyl (C=O) groups is 2. The first-order valence-electron chi connectivity index (χ1n) is 8.76. The number of carbonyl (C=O) groups excluding carboxylic acids is 2. The van der Waals surface area contributed by atoms with Crippen molar-refractivity contribution < 1.29 is 9.59 Å². The Morgan fingerprint density at radius 2 is 1.83 bits per heavy atom. The molecule has 8 heteroatoms. The number of nitrogens with one attached hydrogen (secondary N) is 2. The maximum absolute atomic E-state index is 12.9. The fourth-order valence-electron chi connectivity index (χ4n) is 2.67. The quantitative estimate of drug-likeness (QED) is 0.472. The number of pyridine rings is 1. The van der Waals surface area contributed by atoms with Gasteiger partial charge in [0.05, 0.1) is 15.8 Å². The number of hydrogen-bond acceptors (Lipinski definition) is 6. The highest BCUT2D eigenvalue weighted by molar-refractivity contribution is 7.99. The van der Waals surface area contributed by atoms with E-state index in [0.29, 0.717) is 21.4 Å². The molecule has 6 nitrogen and oxygen atoms in total. The molecule has 0 bridgehead atoms. The molecule has 144 valence electrons. The summed E-state index contributed by atoms with van der Waals surface area (Å²) in [5.74, 6) is -0.403. The van der Waals surface area contributed by atoms with Crippen molar-refractivity contribution in [2.75, 3.05) is 10.6 Å². The SMILES string of the molecule is CC(=O)Nc1ccc2nc(NC(=O)c3cccnc3Sc3ccccc3)sc2c1. The van der Waals surface area contributed by atoms with Crippen molar-refractivity contribution in [3.8, 4) is 0 Å². The Kier molecular flexibility index (Phi) is 5.55. The first-order chi connectivity index (χ1) is 14.1. The van der Waals surface area contributed by atoms with Gasteiger partial charge in [0.25, 0.3) is 5.91 Å². The van der Waals surface area contributed by atoms with Crippen LogP contribution in [0.5, 0.6) is 0 Å². The van der Waals surface area contributed by atoms with Crippen molar-refractivity contribution in [3.63, 3.8) is 0 Å². The Hall–Kier alpha value is -3.23. The molecule has 2 amide bonds. The van der Waals surface area contributed by atoms with Gasteiger partial charge in [0.15, 0.2) is 5.13 Å². The first kappa shape index (κ1) is 19.1. The van der Waals surface area contributed by atoms with Crippen LogP contribution in [-0.2, 0) is 4.79 Å². The number of rotatable bonds is 5. The molecule has 0 aliphatic rings. The summed E-state index contributed by atoms with van der Waals surface area (Å²) in [6.45, 7) is 1.46. The second-order valence-electron chi connectivity index (χ2n) is 6.11. The van der Waals surface area contributed by atoms with Crippen molar-refractivity contribution in [1.29, 1.82) is 0 Å². The van der Waals surface area contributed by atoms with Crippen LogP contribution in [0.15, 0.2) is 76.8 Å². The zero-order chi connectivity index (χ0) is 20.2. The third-order valence-corrected chi connectivity index (χ3v) is 5.86. The Labute approximate surface area is 175 Å². The second-order valence-corrected chi connectivity index (χ2v) is 8.20. The van der Waals surface area contributed by atoms with E-state index in [1.54, 1.807) is 24.4 Å². The van der Waals surface area contributed by atoms with Gasteiger partial charge in [-0.25, -0.2) is 9.97 Å². The van der Waals surface area contributed by atoms with Crippen molar-refractivity contribution in [1.82, 2.24) is 9.97 Å². The normalized spacial score (nSPS) is 10.7. The molecular weight excluding hydrogens is 404 g/mol.